The summed E-state index contributed by atoms with van der Waals surface area (Å²) in [6.45, 7) is -1.04. The zero-order chi connectivity index (χ0) is 18.7. The second kappa shape index (κ2) is 7.14. The van der Waals surface area contributed by atoms with Gasteiger partial charge in [0.2, 0.25) is 0 Å². The van der Waals surface area contributed by atoms with Crippen molar-refractivity contribution in [1.82, 2.24) is 10.2 Å². The highest BCUT2D eigenvalue weighted by atomic mass is 19.1. The Morgan fingerprint density at radius 1 is 1.00 bits per heavy atom. The molecule has 0 radical (unpaired) electrons. The molecule has 3 rings (SSSR count). The number of fused-ring (bicyclic) bond motifs is 1. The van der Waals surface area contributed by atoms with Gasteiger partial charge in [0.1, 0.15) is 12.4 Å². The smallest absolute Gasteiger partial charge is 0.327 e. The predicted molar refractivity (Wildman–Crippen MR) is 86.6 cm³/mol. The van der Waals surface area contributed by atoms with E-state index in [1.165, 1.54) is 30.3 Å². The molecule has 2 aromatic rings. The SMILES string of the molecule is O=C(CNC(=O)c1cccc(F)c1)OCN1C(=O)c2ccccc2C1=O. The van der Waals surface area contributed by atoms with Crippen molar-refractivity contribution < 1.29 is 28.3 Å². The molecular weight excluding hydrogens is 343 g/mol. The Hall–Kier alpha value is -3.55. The summed E-state index contributed by atoms with van der Waals surface area (Å²) in [6.07, 6.45) is 0. The van der Waals surface area contributed by atoms with Crippen LogP contribution in [0.25, 0.3) is 0 Å². The molecule has 0 spiro atoms. The van der Waals surface area contributed by atoms with Crippen LogP contribution in [0.4, 0.5) is 4.39 Å². The van der Waals surface area contributed by atoms with E-state index < -0.39 is 42.8 Å². The van der Waals surface area contributed by atoms with Crippen LogP contribution in [0.15, 0.2) is 48.5 Å². The fourth-order valence-corrected chi connectivity index (χ4v) is 2.43. The van der Waals surface area contributed by atoms with Gasteiger partial charge in [0.05, 0.1) is 11.1 Å². The number of carbonyl (C=O) groups is 4. The van der Waals surface area contributed by atoms with Crippen molar-refractivity contribution in [2.24, 2.45) is 0 Å². The van der Waals surface area contributed by atoms with Gasteiger partial charge in [-0.25, -0.2) is 9.29 Å². The number of carbonyl (C=O) groups excluding carboxylic acids is 4. The fraction of sp³-hybridized carbons (Fsp3) is 0.111. The lowest BCUT2D eigenvalue weighted by atomic mass is 10.1. The van der Waals surface area contributed by atoms with Gasteiger partial charge in [0.25, 0.3) is 17.7 Å². The van der Waals surface area contributed by atoms with Crippen LogP contribution in [0, 0.1) is 5.82 Å². The lowest BCUT2D eigenvalue weighted by Gasteiger charge is -2.14. The molecule has 0 atom stereocenters. The maximum Gasteiger partial charge on any atom is 0.327 e. The molecule has 1 N–H and O–H groups in total. The van der Waals surface area contributed by atoms with Gasteiger partial charge in [-0.3, -0.25) is 19.2 Å². The summed E-state index contributed by atoms with van der Waals surface area (Å²) in [5, 5.41) is 2.27. The third-order valence-corrected chi connectivity index (χ3v) is 3.71. The molecule has 0 bridgehead atoms. The van der Waals surface area contributed by atoms with E-state index in [2.05, 4.69) is 5.32 Å². The van der Waals surface area contributed by atoms with Gasteiger partial charge >= 0.3 is 5.97 Å². The summed E-state index contributed by atoms with van der Waals surface area (Å²) in [6, 6.07) is 11.2. The Kier molecular flexibility index (Phi) is 4.74. The number of amides is 3. The summed E-state index contributed by atoms with van der Waals surface area (Å²) in [4.78, 5) is 48.6. The molecule has 0 saturated carbocycles. The second-order valence-corrected chi connectivity index (χ2v) is 5.42. The van der Waals surface area contributed by atoms with E-state index in [0.29, 0.717) is 0 Å². The van der Waals surface area contributed by atoms with Crippen molar-refractivity contribution in [3.8, 4) is 0 Å². The third kappa shape index (κ3) is 3.44. The standard InChI is InChI=1S/C18H13FN2O5/c19-12-5-3-4-11(8-12)16(23)20-9-15(22)26-10-21-17(24)13-6-1-2-7-14(13)18(21)25/h1-8H,9-10H2,(H,20,23). The molecule has 1 heterocycles. The van der Waals surface area contributed by atoms with E-state index in [0.717, 1.165) is 11.0 Å². The highest BCUT2D eigenvalue weighted by molar-refractivity contribution is 6.21. The van der Waals surface area contributed by atoms with Crippen LogP contribution in [0.5, 0.6) is 0 Å². The molecule has 1 aliphatic rings. The minimum absolute atomic E-state index is 0.0538. The lowest BCUT2D eigenvalue weighted by Crippen LogP contribution is -2.36. The topological polar surface area (TPSA) is 92.8 Å². The summed E-state index contributed by atoms with van der Waals surface area (Å²) in [5.74, 6) is -3.18. The average Bonchev–Trinajstić information content (AvgIpc) is 2.89. The summed E-state index contributed by atoms with van der Waals surface area (Å²) in [7, 11) is 0. The van der Waals surface area contributed by atoms with Crippen LogP contribution in [-0.4, -0.2) is 41.9 Å². The molecule has 1 aliphatic heterocycles. The second-order valence-electron chi connectivity index (χ2n) is 5.42. The summed E-state index contributed by atoms with van der Waals surface area (Å²) < 4.78 is 17.9. The van der Waals surface area contributed by atoms with Crippen LogP contribution in [-0.2, 0) is 9.53 Å². The molecule has 132 valence electrons. The van der Waals surface area contributed by atoms with E-state index >= 15 is 0 Å². The number of hydrogen-bond acceptors (Lipinski definition) is 5. The number of ether oxygens (including phenoxy) is 1. The van der Waals surface area contributed by atoms with Crippen molar-refractivity contribution in [2.75, 3.05) is 13.3 Å². The lowest BCUT2D eigenvalue weighted by molar-refractivity contribution is -0.145. The molecule has 26 heavy (non-hydrogen) atoms. The van der Waals surface area contributed by atoms with Crippen molar-refractivity contribution in [3.05, 3.63) is 71.0 Å². The van der Waals surface area contributed by atoms with E-state index in [-0.39, 0.29) is 16.7 Å². The van der Waals surface area contributed by atoms with Crippen LogP contribution >= 0.6 is 0 Å². The number of nitrogens with zero attached hydrogens (tertiary/aromatic N) is 1. The van der Waals surface area contributed by atoms with Crippen molar-refractivity contribution in [2.45, 2.75) is 0 Å². The number of nitrogens with one attached hydrogen (secondary N) is 1. The Morgan fingerprint density at radius 2 is 1.65 bits per heavy atom. The minimum atomic E-state index is -0.841. The molecule has 0 fully saturated rings. The Bertz CT molecular complexity index is 877. The highest BCUT2D eigenvalue weighted by Crippen LogP contribution is 2.21. The zero-order valence-electron chi connectivity index (χ0n) is 13.4. The number of rotatable bonds is 5. The Labute approximate surface area is 147 Å². The number of hydrogen-bond donors (Lipinski definition) is 1. The number of halogens is 1. The fourth-order valence-electron chi connectivity index (χ4n) is 2.43. The van der Waals surface area contributed by atoms with Crippen molar-refractivity contribution in [3.63, 3.8) is 0 Å². The normalized spacial score (nSPS) is 12.7. The highest BCUT2D eigenvalue weighted by Gasteiger charge is 2.35. The number of esters is 1. The van der Waals surface area contributed by atoms with Crippen LogP contribution in [0.2, 0.25) is 0 Å². The van der Waals surface area contributed by atoms with Gasteiger partial charge in [0.15, 0.2) is 6.73 Å². The summed E-state index contributed by atoms with van der Waals surface area (Å²) >= 11 is 0. The van der Waals surface area contributed by atoms with E-state index in [1.54, 1.807) is 12.1 Å². The largest absolute Gasteiger partial charge is 0.442 e. The van der Waals surface area contributed by atoms with Crippen LogP contribution < -0.4 is 5.32 Å². The van der Waals surface area contributed by atoms with E-state index in [1.807, 2.05) is 0 Å². The molecule has 2 aromatic carbocycles. The third-order valence-electron chi connectivity index (χ3n) is 3.71. The van der Waals surface area contributed by atoms with Gasteiger partial charge < -0.3 is 10.1 Å². The van der Waals surface area contributed by atoms with Crippen molar-refractivity contribution in [1.29, 1.82) is 0 Å². The minimum Gasteiger partial charge on any atom is -0.442 e. The maximum absolute atomic E-state index is 13.1. The van der Waals surface area contributed by atoms with E-state index in [4.69, 9.17) is 4.74 Å². The summed E-state index contributed by atoms with van der Waals surface area (Å²) in [5.41, 5.74) is 0.541. The van der Waals surface area contributed by atoms with Gasteiger partial charge in [-0.2, -0.15) is 0 Å². The van der Waals surface area contributed by atoms with Gasteiger partial charge in [-0.15, -0.1) is 0 Å². The molecular formula is C18H13FN2O5. The maximum atomic E-state index is 13.1. The monoisotopic (exact) mass is 356 g/mol. The first-order valence-electron chi connectivity index (χ1n) is 7.62. The van der Waals surface area contributed by atoms with Gasteiger partial charge in [0, 0.05) is 5.56 Å². The molecule has 7 nitrogen and oxygen atoms in total. The van der Waals surface area contributed by atoms with Crippen LogP contribution in [0.3, 0.4) is 0 Å². The predicted octanol–water partition coefficient (Wildman–Crippen LogP) is 1.35. The molecule has 0 saturated heterocycles. The van der Waals surface area contributed by atoms with Crippen LogP contribution in [0.1, 0.15) is 31.1 Å². The van der Waals surface area contributed by atoms with E-state index in [9.17, 15) is 23.6 Å². The molecule has 8 heteroatoms. The molecule has 3 amide bonds. The number of imide groups is 1. The Balaban J connectivity index is 1.51. The quantitative estimate of drug-likeness (QED) is 0.645. The molecule has 0 unspecified atom stereocenters. The van der Waals surface area contributed by atoms with Gasteiger partial charge in [-0.05, 0) is 30.3 Å². The first-order chi connectivity index (χ1) is 12.5. The first kappa shape index (κ1) is 17.3. The average molecular weight is 356 g/mol. The zero-order valence-corrected chi connectivity index (χ0v) is 13.4. The first-order valence-corrected chi connectivity index (χ1v) is 7.62. The Morgan fingerprint density at radius 3 is 2.27 bits per heavy atom. The molecule has 0 aliphatic carbocycles. The molecule has 0 aromatic heterocycles. The van der Waals surface area contributed by atoms with Crippen molar-refractivity contribution >= 4 is 23.7 Å². The number of benzene rings is 2. The van der Waals surface area contributed by atoms with Gasteiger partial charge in [-0.1, -0.05) is 18.2 Å².